The summed E-state index contributed by atoms with van der Waals surface area (Å²) in [7, 11) is 4.19. The van der Waals surface area contributed by atoms with Gasteiger partial charge in [0.2, 0.25) is 0 Å². The summed E-state index contributed by atoms with van der Waals surface area (Å²) in [6, 6.07) is 15.4. The molecule has 4 nitrogen and oxygen atoms in total. The van der Waals surface area contributed by atoms with Crippen molar-refractivity contribution in [1.82, 2.24) is 4.67 Å². The van der Waals surface area contributed by atoms with Crippen molar-refractivity contribution in [1.29, 1.82) is 0 Å². The fourth-order valence-electron chi connectivity index (χ4n) is 4.37. The van der Waals surface area contributed by atoms with Crippen LogP contribution in [0.4, 0.5) is 11.4 Å². The molecule has 5 rings (SSSR count). The van der Waals surface area contributed by atoms with Crippen molar-refractivity contribution in [2.45, 2.75) is 25.8 Å². The first-order chi connectivity index (χ1) is 13.1. The Bertz CT molecular complexity index is 978. The second-order valence-corrected chi connectivity index (χ2v) is 11.7. The molecule has 27 heavy (non-hydrogen) atoms. The van der Waals surface area contributed by atoms with E-state index in [2.05, 4.69) is 71.0 Å². The van der Waals surface area contributed by atoms with E-state index in [1.807, 2.05) is 0 Å². The van der Waals surface area contributed by atoms with E-state index in [4.69, 9.17) is 16.6 Å². The maximum absolute atomic E-state index is 6.40. The van der Waals surface area contributed by atoms with E-state index in [0.29, 0.717) is 0 Å². The first kappa shape index (κ1) is 17.4. The van der Waals surface area contributed by atoms with Gasteiger partial charge >= 0.3 is 0 Å². The van der Waals surface area contributed by atoms with Crippen LogP contribution in [0.25, 0.3) is 0 Å². The highest BCUT2D eigenvalue weighted by Gasteiger charge is 2.40. The number of piperidine rings is 1. The standard InChI is InChI=1S/C21H25N4PS/c1-23(2)17-10-11-20-19(14-17)25-15-16-8-4-5-9-18(16)21(25)22-26(20,27)24-12-6-3-7-13-24/h4-5,8-11,14H,3,6-7,12-13,15H2,1-2H3. The number of benzene rings is 2. The van der Waals surface area contributed by atoms with Crippen LogP contribution in [-0.4, -0.2) is 37.7 Å². The zero-order valence-electron chi connectivity index (χ0n) is 15.9. The number of fused-ring (bicyclic) bond motifs is 5. The Morgan fingerprint density at radius 3 is 2.59 bits per heavy atom. The van der Waals surface area contributed by atoms with E-state index in [9.17, 15) is 0 Å². The Kier molecular flexibility index (Phi) is 4.15. The lowest BCUT2D eigenvalue weighted by atomic mass is 10.1. The van der Waals surface area contributed by atoms with Gasteiger partial charge in [0, 0.05) is 43.7 Å². The van der Waals surface area contributed by atoms with Gasteiger partial charge in [0.1, 0.15) is 5.84 Å². The molecule has 3 heterocycles. The maximum Gasteiger partial charge on any atom is 0.153 e. The Morgan fingerprint density at radius 2 is 1.81 bits per heavy atom. The molecular weight excluding hydrogens is 371 g/mol. The van der Waals surface area contributed by atoms with E-state index in [1.54, 1.807) is 0 Å². The van der Waals surface area contributed by atoms with Crippen molar-refractivity contribution in [3.8, 4) is 0 Å². The summed E-state index contributed by atoms with van der Waals surface area (Å²) in [6.07, 6.45) is 1.61. The van der Waals surface area contributed by atoms with Gasteiger partial charge in [-0.3, -0.25) is 4.67 Å². The summed E-state index contributed by atoms with van der Waals surface area (Å²) in [5, 5.41) is 1.27. The van der Waals surface area contributed by atoms with Crippen molar-refractivity contribution in [3.05, 3.63) is 53.6 Å². The van der Waals surface area contributed by atoms with Crippen LogP contribution >= 0.6 is 6.34 Å². The molecule has 1 unspecified atom stereocenters. The molecule has 1 fully saturated rings. The molecule has 0 N–H and O–H groups in total. The molecule has 140 valence electrons. The van der Waals surface area contributed by atoms with Gasteiger partial charge in [-0.05, 0) is 36.6 Å². The summed E-state index contributed by atoms with van der Waals surface area (Å²) in [5.41, 5.74) is 5.08. The van der Waals surface area contributed by atoms with Crippen LogP contribution in [0.2, 0.25) is 0 Å². The molecule has 6 heteroatoms. The van der Waals surface area contributed by atoms with Gasteiger partial charge in [0.25, 0.3) is 0 Å². The summed E-state index contributed by atoms with van der Waals surface area (Å²) in [5.74, 6) is 1.09. The Morgan fingerprint density at radius 1 is 1.04 bits per heavy atom. The zero-order valence-corrected chi connectivity index (χ0v) is 17.6. The van der Waals surface area contributed by atoms with Crippen LogP contribution in [0, 0.1) is 0 Å². The van der Waals surface area contributed by atoms with Gasteiger partial charge in [-0.1, -0.05) is 42.5 Å². The first-order valence-electron chi connectivity index (χ1n) is 9.71. The van der Waals surface area contributed by atoms with E-state index in [0.717, 1.165) is 25.5 Å². The normalized spacial score (nSPS) is 24.1. The molecule has 1 atom stereocenters. The minimum Gasteiger partial charge on any atom is -0.378 e. The minimum absolute atomic E-state index is 0.883. The summed E-state index contributed by atoms with van der Waals surface area (Å²) in [4.78, 5) is 4.54. The second-order valence-electron chi connectivity index (χ2n) is 7.79. The Balaban J connectivity index is 1.72. The van der Waals surface area contributed by atoms with E-state index in [1.165, 1.54) is 47.1 Å². The van der Waals surface area contributed by atoms with Gasteiger partial charge < -0.3 is 9.80 Å². The molecule has 1 saturated heterocycles. The molecule has 0 bridgehead atoms. The number of anilines is 2. The monoisotopic (exact) mass is 396 g/mol. The largest absolute Gasteiger partial charge is 0.378 e. The lowest BCUT2D eigenvalue weighted by Crippen LogP contribution is -2.38. The van der Waals surface area contributed by atoms with Crippen molar-refractivity contribution >= 4 is 40.7 Å². The molecule has 0 radical (unpaired) electrons. The quantitative estimate of drug-likeness (QED) is 0.717. The second kappa shape index (κ2) is 6.44. The number of amidine groups is 1. The SMILES string of the molecule is CN(C)c1ccc2c(c1)N1Cc3ccccc3C1=NP2(=S)N1CCCCC1. The molecule has 0 aromatic heterocycles. The van der Waals surface area contributed by atoms with Crippen LogP contribution in [0.15, 0.2) is 47.2 Å². The molecule has 3 aliphatic heterocycles. The lowest BCUT2D eigenvalue weighted by molar-refractivity contribution is 0.370. The van der Waals surface area contributed by atoms with Crippen molar-refractivity contribution in [3.63, 3.8) is 0 Å². The third-order valence-electron chi connectivity index (χ3n) is 5.87. The molecule has 0 saturated carbocycles. The van der Waals surface area contributed by atoms with E-state index >= 15 is 0 Å². The van der Waals surface area contributed by atoms with Gasteiger partial charge in [0.05, 0.1) is 12.2 Å². The molecule has 0 spiro atoms. The fourth-order valence-corrected chi connectivity index (χ4v) is 8.15. The summed E-state index contributed by atoms with van der Waals surface area (Å²) in [6.45, 7) is 3.03. The predicted octanol–water partition coefficient (Wildman–Crippen LogP) is 3.95. The number of rotatable bonds is 2. The van der Waals surface area contributed by atoms with Gasteiger partial charge in [-0.25, -0.2) is 4.76 Å². The first-order valence-corrected chi connectivity index (χ1v) is 12.4. The highest BCUT2D eigenvalue weighted by Crippen LogP contribution is 2.57. The third kappa shape index (κ3) is 2.67. The van der Waals surface area contributed by atoms with Crippen LogP contribution in [0.5, 0.6) is 0 Å². The van der Waals surface area contributed by atoms with Crippen LogP contribution in [0.3, 0.4) is 0 Å². The number of nitrogens with zero attached hydrogens (tertiary/aromatic N) is 4. The highest BCUT2D eigenvalue weighted by molar-refractivity contribution is 8.16. The molecule has 0 amide bonds. The fraction of sp³-hybridized carbons (Fsp3) is 0.381. The number of hydrogen-bond donors (Lipinski definition) is 0. The predicted molar refractivity (Wildman–Crippen MR) is 119 cm³/mol. The lowest BCUT2D eigenvalue weighted by Gasteiger charge is -2.41. The molecule has 2 aromatic rings. The van der Waals surface area contributed by atoms with Gasteiger partial charge in [0.15, 0.2) is 6.34 Å². The Hall–Kier alpha value is -1.68. The zero-order chi connectivity index (χ0) is 18.6. The highest BCUT2D eigenvalue weighted by atomic mass is 32.4. The molecule has 3 aliphatic rings. The van der Waals surface area contributed by atoms with Crippen LogP contribution in [0.1, 0.15) is 30.4 Å². The molecule has 2 aromatic carbocycles. The van der Waals surface area contributed by atoms with Gasteiger partial charge in [-0.15, -0.1) is 0 Å². The number of hydrogen-bond acceptors (Lipinski definition) is 3. The Labute approximate surface area is 166 Å². The summed E-state index contributed by atoms with van der Waals surface area (Å²) < 4.78 is 7.86. The van der Waals surface area contributed by atoms with Crippen molar-refractivity contribution < 1.29 is 0 Å². The average molecular weight is 397 g/mol. The van der Waals surface area contributed by atoms with E-state index in [-0.39, 0.29) is 0 Å². The third-order valence-corrected chi connectivity index (χ3v) is 10.0. The topological polar surface area (TPSA) is 22.1 Å². The summed E-state index contributed by atoms with van der Waals surface area (Å²) >= 11 is 6.40. The van der Waals surface area contributed by atoms with Crippen LogP contribution in [-0.2, 0) is 18.4 Å². The van der Waals surface area contributed by atoms with E-state index < -0.39 is 6.34 Å². The minimum atomic E-state index is -2.16. The van der Waals surface area contributed by atoms with Crippen molar-refractivity contribution in [2.24, 2.45) is 4.76 Å². The maximum atomic E-state index is 6.40. The van der Waals surface area contributed by atoms with Crippen molar-refractivity contribution in [2.75, 3.05) is 37.0 Å². The average Bonchev–Trinajstić information content (AvgIpc) is 3.07. The van der Waals surface area contributed by atoms with Crippen LogP contribution < -0.4 is 15.1 Å². The van der Waals surface area contributed by atoms with Gasteiger partial charge in [-0.2, -0.15) is 0 Å². The molecular formula is C21H25N4PS. The molecule has 0 aliphatic carbocycles. The smallest absolute Gasteiger partial charge is 0.153 e.